The second-order valence-electron chi connectivity index (χ2n) is 4.08. The number of rotatable bonds is 4. The normalized spacial score (nSPS) is 10.1. The van der Waals surface area contributed by atoms with E-state index < -0.39 is 0 Å². The van der Waals surface area contributed by atoms with Crippen molar-refractivity contribution < 1.29 is 4.39 Å². The number of aryl methyl sites for hydroxylation is 1. The van der Waals surface area contributed by atoms with E-state index >= 15 is 0 Å². The first kappa shape index (κ1) is 12.2. The van der Waals surface area contributed by atoms with Crippen molar-refractivity contribution in [2.75, 3.05) is 5.32 Å². The first-order valence-corrected chi connectivity index (χ1v) is 5.61. The second kappa shape index (κ2) is 5.40. The highest BCUT2D eigenvalue weighted by Crippen LogP contribution is 2.23. The van der Waals surface area contributed by atoms with E-state index in [2.05, 4.69) is 10.5 Å². The van der Waals surface area contributed by atoms with E-state index in [-0.39, 0.29) is 5.82 Å². The van der Waals surface area contributed by atoms with Crippen LogP contribution in [0.25, 0.3) is 0 Å². The zero-order valence-electron chi connectivity index (χ0n) is 9.98. The Morgan fingerprint density at radius 3 is 2.78 bits per heavy atom. The van der Waals surface area contributed by atoms with E-state index in [1.807, 2.05) is 25.1 Å². The van der Waals surface area contributed by atoms with Gasteiger partial charge in [0.2, 0.25) is 0 Å². The Morgan fingerprint density at radius 2 is 2.06 bits per heavy atom. The Bertz CT molecular complexity index is 569. The first-order chi connectivity index (χ1) is 8.69. The Labute approximate surface area is 105 Å². The molecule has 0 saturated carbocycles. The van der Waals surface area contributed by atoms with Crippen molar-refractivity contribution in [2.24, 2.45) is 5.18 Å². The van der Waals surface area contributed by atoms with Crippen molar-refractivity contribution in [3.8, 4) is 0 Å². The van der Waals surface area contributed by atoms with Crippen molar-refractivity contribution >= 4 is 11.4 Å². The Kier molecular flexibility index (Phi) is 3.67. The molecule has 2 aromatic carbocycles. The molecule has 3 nitrogen and oxygen atoms in total. The fourth-order valence-electron chi connectivity index (χ4n) is 1.67. The summed E-state index contributed by atoms with van der Waals surface area (Å²) in [5.74, 6) is -0.256. The zero-order valence-corrected chi connectivity index (χ0v) is 9.98. The lowest BCUT2D eigenvalue weighted by Crippen LogP contribution is -1.99. The standard InChI is InChI=1S/C14H13FN2O/c1-10-5-6-13(8-14(10)17-18)16-9-11-3-2-4-12(15)7-11/h2-8,16H,9H2,1H3. The van der Waals surface area contributed by atoms with E-state index in [0.717, 1.165) is 16.8 Å². The summed E-state index contributed by atoms with van der Waals surface area (Å²) < 4.78 is 13.0. The van der Waals surface area contributed by atoms with Crippen LogP contribution in [-0.2, 0) is 6.54 Å². The van der Waals surface area contributed by atoms with Crippen LogP contribution in [-0.4, -0.2) is 0 Å². The van der Waals surface area contributed by atoms with Gasteiger partial charge in [0.1, 0.15) is 11.5 Å². The van der Waals surface area contributed by atoms with Gasteiger partial charge in [0.25, 0.3) is 0 Å². The number of nitroso groups, excluding NO2 is 1. The van der Waals surface area contributed by atoms with Crippen LogP contribution in [0.1, 0.15) is 11.1 Å². The highest BCUT2D eigenvalue weighted by molar-refractivity contribution is 5.57. The molecule has 1 N–H and O–H groups in total. The van der Waals surface area contributed by atoms with E-state index in [1.54, 1.807) is 12.1 Å². The molecule has 0 bridgehead atoms. The van der Waals surface area contributed by atoms with E-state index in [1.165, 1.54) is 12.1 Å². The molecule has 0 unspecified atom stereocenters. The molecule has 18 heavy (non-hydrogen) atoms. The van der Waals surface area contributed by atoms with Gasteiger partial charge in [-0.15, -0.1) is 4.91 Å². The lowest BCUT2D eigenvalue weighted by Gasteiger charge is -2.07. The summed E-state index contributed by atoms with van der Waals surface area (Å²) in [6.45, 7) is 2.33. The minimum Gasteiger partial charge on any atom is -0.381 e. The van der Waals surface area contributed by atoms with E-state index in [0.29, 0.717) is 12.2 Å². The number of hydrogen-bond donors (Lipinski definition) is 1. The molecule has 0 radical (unpaired) electrons. The molecule has 0 amide bonds. The van der Waals surface area contributed by atoms with Crippen molar-refractivity contribution in [2.45, 2.75) is 13.5 Å². The van der Waals surface area contributed by atoms with E-state index in [4.69, 9.17) is 0 Å². The molecule has 2 rings (SSSR count). The average molecular weight is 244 g/mol. The highest BCUT2D eigenvalue weighted by Gasteiger charge is 2.01. The van der Waals surface area contributed by atoms with Gasteiger partial charge in [-0.05, 0) is 47.5 Å². The molecule has 92 valence electrons. The van der Waals surface area contributed by atoms with Gasteiger partial charge in [-0.25, -0.2) is 4.39 Å². The maximum absolute atomic E-state index is 13.0. The highest BCUT2D eigenvalue weighted by atomic mass is 19.1. The van der Waals surface area contributed by atoms with Crippen LogP contribution < -0.4 is 5.32 Å². The minimum atomic E-state index is -0.256. The van der Waals surface area contributed by atoms with Gasteiger partial charge < -0.3 is 5.32 Å². The summed E-state index contributed by atoms with van der Waals surface area (Å²) in [4.78, 5) is 10.6. The van der Waals surface area contributed by atoms with Gasteiger partial charge in [-0.3, -0.25) is 0 Å². The zero-order chi connectivity index (χ0) is 13.0. The van der Waals surface area contributed by atoms with Crippen LogP contribution in [0, 0.1) is 17.6 Å². The van der Waals surface area contributed by atoms with Crippen LogP contribution >= 0.6 is 0 Å². The lowest BCUT2D eigenvalue weighted by molar-refractivity contribution is 0.626. The Morgan fingerprint density at radius 1 is 1.22 bits per heavy atom. The fourth-order valence-corrected chi connectivity index (χ4v) is 1.67. The molecule has 0 atom stereocenters. The van der Waals surface area contributed by atoms with Crippen LogP contribution in [0.3, 0.4) is 0 Å². The number of halogens is 1. The Hall–Kier alpha value is -2.23. The number of nitrogens with zero attached hydrogens (tertiary/aromatic N) is 1. The molecule has 0 aromatic heterocycles. The SMILES string of the molecule is Cc1ccc(NCc2cccc(F)c2)cc1N=O. The van der Waals surface area contributed by atoms with E-state index in [9.17, 15) is 9.30 Å². The van der Waals surface area contributed by atoms with Crippen LogP contribution in [0.2, 0.25) is 0 Å². The fraction of sp³-hybridized carbons (Fsp3) is 0.143. The Balaban J connectivity index is 2.08. The summed E-state index contributed by atoms with van der Waals surface area (Å²) in [6.07, 6.45) is 0. The summed E-state index contributed by atoms with van der Waals surface area (Å²) in [5, 5.41) is 6.07. The van der Waals surface area contributed by atoms with Gasteiger partial charge in [-0.1, -0.05) is 18.2 Å². The lowest BCUT2D eigenvalue weighted by atomic mass is 10.1. The van der Waals surface area contributed by atoms with Crippen molar-refractivity contribution in [3.63, 3.8) is 0 Å². The third-order valence-corrected chi connectivity index (χ3v) is 2.69. The van der Waals surface area contributed by atoms with Gasteiger partial charge >= 0.3 is 0 Å². The summed E-state index contributed by atoms with van der Waals surface area (Å²) in [7, 11) is 0. The largest absolute Gasteiger partial charge is 0.381 e. The number of anilines is 1. The van der Waals surface area contributed by atoms with Crippen molar-refractivity contribution in [1.29, 1.82) is 0 Å². The van der Waals surface area contributed by atoms with Gasteiger partial charge in [0.05, 0.1) is 0 Å². The number of nitrogens with one attached hydrogen (secondary N) is 1. The second-order valence-corrected chi connectivity index (χ2v) is 4.08. The maximum atomic E-state index is 13.0. The van der Waals surface area contributed by atoms with Crippen LogP contribution in [0.15, 0.2) is 47.6 Å². The van der Waals surface area contributed by atoms with Crippen molar-refractivity contribution in [1.82, 2.24) is 0 Å². The third-order valence-electron chi connectivity index (χ3n) is 2.69. The van der Waals surface area contributed by atoms with Crippen LogP contribution in [0.5, 0.6) is 0 Å². The first-order valence-electron chi connectivity index (χ1n) is 5.61. The molecule has 0 aliphatic heterocycles. The smallest absolute Gasteiger partial charge is 0.123 e. The predicted octanol–water partition coefficient (Wildman–Crippen LogP) is 4.14. The molecule has 4 heteroatoms. The number of hydrogen-bond acceptors (Lipinski definition) is 3. The van der Waals surface area contributed by atoms with Gasteiger partial charge in [0.15, 0.2) is 0 Å². The molecular weight excluding hydrogens is 231 g/mol. The molecule has 2 aromatic rings. The minimum absolute atomic E-state index is 0.256. The predicted molar refractivity (Wildman–Crippen MR) is 70.4 cm³/mol. The number of benzene rings is 2. The molecule has 0 fully saturated rings. The average Bonchev–Trinajstić information content (AvgIpc) is 2.38. The van der Waals surface area contributed by atoms with Crippen molar-refractivity contribution in [3.05, 3.63) is 64.3 Å². The topological polar surface area (TPSA) is 41.5 Å². The monoisotopic (exact) mass is 244 g/mol. The summed E-state index contributed by atoms with van der Waals surface area (Å²) in [5.41, 5.74) is 2.89. The van der Waals surface area contributed by atoms with Gasteiger partial charge in [0, 0.05) is 12.2 Å². The van der Waals surface area contributed by atoms with Crippen LogP contribution in [0.4, 0.5) is 15.8 Å². The maximum Gasteiger partial charge on any atom is 0.123 e. The summed E-state index contributed by atoms with van der Waals surface area (Å²) >= 11 is 0. The third kappa shape index (κ3) is 2.91. The molecular formula is C14H13FN2O. The molecule has 0 aliphatic carbocycles. The molecule has 0 aliphatic rings. The van der Waals surface area contributed by atoms with Gasteiger partial charge in [-0.2, -0.15) is 0 Å². The molecule has 0 heterocycles. The quantitative estimate of drug-likeness (QED) is 0.821. The molecule has 0 spiro atoms. The summed E-state index contributed by atoms with van der Waals surface area (Å²) in [6, 6.07) is 11.8. The molecule has 0 saturated heterocycles.